The van der Waals surface area contributed by atoms with Crippen LogP contribution in [0, 0.1) is 0 Å². The van der Waals surface area contributed by atoms with E-state index >= 15 is 0 Å². The second-order valence-corrected chi connectivity index (χ2v) is 2.98. The summed E-state index contributed by atoms with van der Waals surface area (Å²) < 4.78 is 0. The molecule has 0 radical (unpaired) electrons. The lowest BCUT2D eigenvalue weighted by molar-refractivity contribution is 0.819. The number of hydrogen-bond donors (Lipinski definition) is 2. The molecule has 1 aromatic rings. The summed E-state index contributed by atoms with van der Waals surface area (Å²) in [5.74, 6) is 0. The molecule has 0 spiro atoms. The first-order valence-corrected chi connectivity index (χ1v) is 3.79. The van der Waals surface area contributed by atoms with E-state index in [0.29, 0.717) is 10.7 Å². The molecule has 2 nitrogen and oxygen atoms in total. The number of nitrogens with two attached hydrogens (primary N) is 2. The van der Waals surface area contributed by atoms with Gasteiger partial charge in [-0.2, -0.15) is 0 Å². The molecule has 1 atom stereocenters. The Hall–Kier alpha value is -0.730. The van der Waals surface area contributed by atoms with E-state index in [1.165, 1.54) is 0 Å². The molecular formula is C8H11ClN2. The summed E-state index contributed by atoms with van der Waals surface area (Å²) in [7, 11) is 0. The third kappa shape index (κ3) is 1.85. The summed E-state index contributed by atoms with van der Waals surface area (Å²) in [5, 5.41) is 0.578. The first-order valence-electron chi connectivity index (χ1n) is 3.42. The van der Waals surface area contributed by atoms with Crippen LogP contribution in [-0.4, -0.2) is 0 Å². The van der Waals surface area contributed by atoms with Crippen molar-refractivity contribution in [3.05, 3.63) is 28.8 Å². The van der Waals surface area contributed by atoms with Crippen molar-refractivity contribution in [1.29, 1.82) is 0 Å². The highest BCUT2D eigenvalue weighted by atomic mass is 35.5. The molecule has 0 unspecified atom stereocenters. The molecule has 60 valence electrons. The van der Waals surface area contributed by atoms with Crippen LogP contribution in [0.4, 0.5) is 5.69 Å². The maximum absolute atomic E-state index is 5.72. The van der Waals surface area contributed by atoms with Crippen molar-refractivity contribution in [2.75, 3.05) is 5.73 Å². The van der Waals surface area contributed by atoms with Gasteiger partial charge in [0.25, 0.3) is 0 Å². The van der Waals surface area contributed by atoms with Gasteiger partial charge in [0.05, 0.1) is 10.7 Å². The van der Waals surface area contributed by atoms with Gasteiger partial charge in [0.15, 0.2) is 0 Å². The number of nitrogen functional groups attached to an aromatic ring is 1. The third-order valence-corrected chi connectivity index (χ3v) is 1.89. The minimum atomic E-state index is 0.00886. The van der Waals surface area contributed by atoms with E-state index in [1.807, 2.05) is 13.0 Å². The van der Waals surface area contributed by atoms with Crippen LogP contribution >= 0.6 is 11.6 Å². The number of halogens is 1. The number of hydrogen-bond acceptors (Lipinski definition) is 2. The maximum atomic E-state index is 5.72. The molecule has 1 aromatic carbocycles. The zero-order valence-corrected chi connectivity index (χ0v) is 7.10. The van der Waals surface area contributed by atoms with Gasteiger partial charge < -0.3 is 11.5 Å². The average Bonchev–Trinajstić information content (AvgIpc) is 1.94. The van der Waals surface area contributed by atoms with E-state index in [2.05, 4.69) is 0 Å². The van der Waals surface area contributed by atoms with Gasteiger partial charge in [-0.05, 0) is 24.6 Å². The molecule has 0 amide bonds. The molecule has 0 saturated heterocycles. The molecule has 0 bridgehead atoms. The van der Waals surface area contributed by atoms with Gasteiger partial charge in [-0.15, -0.1) is 0 Å². The molecule has 0 aliphatic heterocycles. The Balaban J connectivity index is 3.05. The van der Waals surface area contributed by atoms with Gasteiger partial charge in [-0.3, -0.25) is 0 Å². The van der Waals surface area contributed by atoms with Crippen LogP contribution in [0.15, 0.2) is 18.2 Å². The fourth-order valence-corrected chi connectivity index (χ4v) is 0.963. The fraction of sp³-hybridized carbons (Fsp3) is 0.250. The van der Waals surface area contributed by atoms with Crippen molar-refractivity contribution >= 4 is 17.3 Å². The lowest BCUT2D eigenvalue weighted by Crippen LogP contribution is -2.05. The predicted octanol–water partition coefficient (Wildman–Crippen LogP) is 1.94. The van der Waals surface area contributed by atoms with Crippen molar-refractivity contribution in [3.63, 3.8) is 0 Å². The summed E-state index contributed by atoms with van der Waals surface area (Å²) in [6.07, 6.45) is 0. The highest BCUT2D eigenvalue weighted by Gasteiger charge is 2.01. The normalized spacial score (nSPS) is 13.0. The van der Waals surface area contributed by atoms with Crippen molar-refractivity contribution in [2.24, 2.45) is 5.73 Å². The zero-order chi connectivity index (χ0) is 8.43. The Kier molecular flexibility index (Phi) is 2.37. The summed E-state index contributed by atoms with van der Waals surface area (Å²) in [6.45, 7) is 1.91. The van der Waals surface area contributed by atoms with Gasteiger partial charge in [0.1, 0.15) is 0 Å². The number of benzene rings is 1. The Labute approximate surface area is 71.1 Å². The van der Waals surface area contributed by atoms with Crippen molar-refractivity contribution in [2.45, 2.75) is 13.0 Å². The molecule has 11 heavy (non-hydrogen) atoms. The van der Waals surface area contributed by atoms with Gasteiger partial charge in [-0.25, -0.2) is 0 Å². The molecule has 0 aliphatic carbocycles. The minimum Gasteiger partial charge on any atom is -0.398 e. The van der Waals surface area contributed by atoms with E-state index in [0.717, 1.165) is 5.56 Å². The average molecular weight is 171 g/mol. The van der Waals surface area contributed by atoms with Crippen LogP contribution < -0.4 is 11.5 Å². The summed E-state index contributed by atoms with van der Waals surface area (Å²) >= 11 is 5.72. The first-order chi connectivity index (χ1) is 5.11. The van der Waals surface area contributed by atoms with Crippen LogP contribution in [0.25, 0.3) is 0 Å². The molecule has 0 aliphatic rings. The molecular weight excluding hydrogens is 160 g/mol. The zero-order valence-electron chi connectivity index (χ0n) is 6.34. The minimum absolute atomic E-state index is 0.00886. The SMILES string of the molecule is C[C@H](N)c1ccc(Cl)c(N)c1. The second kappa shape index (κ2) is 3.11. The summed E-state index contributed by atoms with van der Waals surface area (Å²) in [6, 6.07) is 5.45. The van der Waals surface area contributed by atoms with E-state index in [4.69, 9.17) is 23.1 Å². The number of anilines is 1. The van der Waals surface area contributed by atoms with Crippen molar-refractivity contribution < 1.29 is 0 Å². The van der Waals surface area contributed by atoms with Gasteiger partial charge in [-0.1, -0.05) is 17.7 Å². The van der Waals surface area contributed by atoms with E-state index in [9.17, 15) is 0 Å². The molecule has 0 fully saturated rings. The largest absolute Gasteiger partial charge is 0.398 e. The van der Waals surface area contributed by atoms with Crippen LogP contribution in [0.5, 0.6) is 0 Å². The Morgan fingerprint density at radius 2 is 2.09 bits per heavy atom. The van der Waals surface area contributed by atoms with Crippen molar-refractivity contribution in [3.8, 4) is 0 Å². The lowest BCUT2D eigenvalue weighted by atomic mass is 10.1. The molecule has 0 heterocycles. The quantitative estimate of drug-likeness (QED) is 0.633. The second-order valence-electron chi connectivity index (χ2n) is 2.57. The molecule has 0 aromatic heterocycles. The van der Waals surface area contributed by atoms with E-state index in [1.54, 1.807) is 12.1 Å². The van der Waals surface area contributed by atoms with Gasteiger partial charge >= 0.3 is 0 Å². The smallest absolute Gasteiger partial charge is 0.0635 e. The topological polar surface area (TPSA) is 52.0 Å². The predicted molar refractivity (Wildman–Crippen MR) is 48.5 cm³/mol. The molecule has 3 heteroatoms. The maximum Gasteiger partial charge on any atom is 0.0635 e. The van der Waals surface area contributed by atoms with E-state index in [-0.39, 0.29) is 6.04 Å². The Bertz CT molecular complexity index is 258. The van der Waals surface area contributed by atoms with Gasteiger partial charge in [0.2, 0.25) is 0 Å². The van der Waals surface area contributed by atoms with Crippen LogP contribution in [0.3, 0.4) is 0 Å². The van der Waals surface area contributed by atoms with Crippen LogP contribution in [0.1, 0.15) is 18.5 Å². The summed E-state index contributed by atoms with van der Waals surface area (Å²) in [4.78, 5) is 0. The highest BCUT2D eigenvalue weighted by molar-refractivity contribution is 6.33. The molecule has 0 saturated carbocycles. The Morgan fingerprint density at radius 1 is 1.45 bits per heavy atom. The van der Waals surface area contributed by atoms with E-state index < -0.39 is 0 Å². The van der Waals surface area contributed by atoms with Gasteiger partial charge in [0, 0.05) is 6.04 Å². The standard InChI is InChI=1S/C8H11ClN2/c1-5(10)6-2-3-7(9)8(11)4-6/h2-5H,10-11H2,1H3/t5-/m0/s1. The van der Waals surface area contributed by atoms with Crippen LogP contribution in [0.2, 0.25) is 5.02 Å². The monoisotopic (exact) mass is 170 g/mol. The lowest BCUT2D eigenvalue weighted by Gasteiger charge is -2.06. The fourth-order valence-electron chi connectivity index (χ4n) is 0.845. The summed E-state index contributed by atoms with van der Waals surface area (Å²) in [5.41, 5.74) is 12.8. The molecule has 1 rings (SSSR count). The van der Waals surface area contributed by atoms with Crippen LogP contribution in [-0.2, 0) is 0 Å². The Morgan fingerprint density at radius 3 is 2.55 bits per heavy atom. The third-order valence-electron chi connectivity index (χ3n) is 1.55. The molecule has 4 N–H and O–H groups in total. The van der Waals surface area contributed by atoms with Crippen molar-refractivity contribution in [1.82, 2.24) is 0 Å². The number of rotatable bonds is 1. The first kappa shape index (κ1) is 8.37. The highest BCUT2D eigenvalue weighted by Crippen LogP contribution is 2.21.